The van der Waals surface area contributed by atoms with Crippen molar-refractivity contribution >= 4 is 21.8 Å². The fourth-order valence-corrected chi connectivity index (χ4v) is 3.07. The van der Waals surface area contributed by atoms with E-state index in [9.17, 15) is 4.79 Å². The number of fused-ring (bicyclic) bond motifs is 3. The molecule has 0 radical (unpaired) electrons. The second-order valence-corrected chi connectivity index (χ2v) is 5.44. The van der Waals surface area contributed by atoms with E-state index < -0.39 is 0 Å². The van der Waals surface area contributed by atoms with Gasteiger partial charge in [-0.3, -0.25) is 4.79 Å². The molecule has 0 saturated carbocycles. The number of benzene rings is 2. The molecule has 0 bridgehead atoms. The fraction of sp³-hybridized carbons (Fsp3) is 0.105. The van der Waals surface area contributed by atoms with Crippen molar-refractivity contribution in [3.63, 3.8) is 0 Å². The molecule has 0 aliphatic carbocycles. The highest BCUT2D eigenvalue weighted by Gasteiger charge is 2.10. The van der Waals surface area contributed by atoms with Crippen LogP contribution < -0.4 is 5.43 Å². The molecule has 1 N–H and O–H groups in total. The van der Waals surface area contributed by atoms with Crippen molar-refractivity contribution in [3.05, 3.63) is 71.0 Å². The molecule has 3 nitrogen and oxygen atoms in total. The summed E-state index contributed by atoms with van der Waals surface area (Å²) >= 11 is 0. The number of aryl methyl sites for hydroxylation is 1. The number of aromatic amines is 1. The molecule has 0 spiro atoms. The smallest absolute Gasteiger partial charge is 0.192 e. The van der Waals surface area contributed by atoms with E-state index in [0.29, 0.717) is 0 Å². The van der Waals surface area contributed by atoms with Crippen LogP contribution in [0.15, 0.2) is 65.6 Å². The quantitative estimate of drug-likeness (QED) is 0.590. The number of hydrogen-bond donors (Lipinski definition) is 1. The van der Waals surface area contributed by atoms with Crippen molar-refractivity contribution in [2.24, 2.45) is 0 Å². The first-order valence-corrected chi connectivity index (χ1v) is 7.48. The molecule has 4 rings (SSSR count). The Balaban J connectivity index is 2.08. The lowest BCUT2D eigenvalue weighted by Gasteiger charge is -2.08. The molecule has 0 atom stereocenters. The number of aromatic nitrogens is 2. The molecule has 0 fully saturated rings. The number of pyridine rings is 1. The molecule has 0 amide bonds. The van der Waals surface area contributed by atoms with Gasteiger partial charge in [-0.05, 0) is 24.6 Å². The van der Waals surface area contributed by atoms with Crippen LogP contribution in [0.5, 0.6) is 0 Å². The SMILES string of the molecule is CCn1ccc2ccc3[nH]c(-c4ccccc4)cc(=O)c3c21. The van der Waals surface area contributed by atoms with E-state index in [1.54, 1.807) is 6.07 Å². The molecular formula is C19H16N2O. The van der Waals surface area contributed by atoms with Gasteiger partial charge in [-0.15, -0.1) is 0 Å². The van der Waals surface area contributed by atoms with Crippen LogP contribution in [0.25, 0.3) is 33.1 Å². The van der Waals surface area contributed by atoms with Crippen LogP contribution in [0.4, 0.5) is 0 Å². The Bertz CT molecular complexity index is 1030. The van der Waals surface area contributed by atoms with E-state index in [2.05, 4.69) is 28.6 Å². The summed E-state index contributed by atoms with van der Waals surface area (Å²) in [7, 11) is 0. The van der Waals surface area contributed by atoms with Gasteiger partial charge in [0.2, 0.25) is 0 Å². The summed E-state index contributed by atoms with van der Waals surface area (Å²) in [5.41, 5.74) is 3.83. The highest BCUT2D eigenvalue weighted by atomic mass is 16.1. The van der Waals surface area contributed by atoms with Crippen molar-refractivity contribution in [1.29, 1.82) is 0 Å². The number of nitrogens with one attached hydrogen (secondary N) is 1. The number of rotatable bonds is 2. The van der Waals surface area contributed by atoms with Crippen molar-refractivity contribution in [2.75, 3.05) is 0 Å². The maximum atomic E-state index is 12.7. The first-order chi connectivity index (χ1) is 10.8. The molecule has 2 aromatic carbocycles. The second kappa shape index (κ2) is 4.88. The van der Waals surface area contributed by atoms with Gasteiger partial charge in [-0.1, -0.05) is 36.4 Å². The molecule has 0 aliphatic heterocycles. The van der Waals surface area contributed by atoms with Crippen molar-refractivity contribution < 1.29 is 0 Å². The lowest BCUT2D eigenvalue weighted by Crippen LogP contribution is -2.05. The number of hydrogen-bond acceptors (Lipinski definition) is 1. The lowest BCUT2D eigenvalue weighted by atomic mass is 10.1. The molecule has 0 aliphatic rings. The zero-order chi connectivity index (χ0) is 15.1. The summed E-state index contributed by atoms with van der Waals surface area (Å²) < 4.78 is 2.12. The van der Waals surface area contributed by atoms with E-state index in [1.807, 2.05) is 42.6 Å². The van der Waals surface area contributed by atoms with Crippen LogP contribution in [-0.4, -0.2) is 9.55 Å². The summed E-state index contributed by atoms with van der Waals surface area (Å²) in [6, 6.07) is 17.7. The van der Waals surface area contributed by atoms with Gasteiger partial charge in [-0.25, -0.2) is 0 Å². The van der Waals surface area contributed by atoms with Crippen LogP contribution in [0.3, 0.4) is 0 Å². The molecule has 108 valence electrons. The van der Waals surface area contributed by atoms with E-state index in [-0.39, 0.29) is 5.43 Å². The van der Waals surface area contributed by atoms with Crippen molar-refractivity contribution in [2.45, 2.75) is 13.5 Å². The van der Waals surface area contributed by atoms with E-state index in [0.717, 1.165) is 39.6 Å². The summed E-state index contributed by atoms with van der Waals surface area (Å²) in [5, 5.41) is 1.87. The minimum atomic E-state index is 0.0617. The number of H-pyrrole nitrogens is 1. The molecule has 0 saturated heterocycles. The minimum absolute atomic E-state index is 0.0617. The standard InChI is InChI=1S/C19H16N2O/c1-2-21-11-10-14-8-9-15-18(19(14)21)17(22)12-16(20-15)13-6-4-3-5-7-13/h3-12H,2H2,1H3,(H,20,22). The third kappa shape index (κ3) is 1.86. The summed E-state index contributed by atoms with van der Waals surface area (Å²) in [5.74, 6) is 0. The zero-order valence-electron chi connectivity index (χ0n) is 12.3. The number of nitrogens with zero attached hydrogens (tertiary/aromatic N) is 1. The van der Waals surface area contributed by atoms with Gasteiger partial charge in [-0.2, -0.15) is 0 Å². The Labute approximate surface area is 127 Å². The Kier molecular flexibility index (Phi) is 2.86. The monoisotopic (exact) mass is 288 g/mol. The predicted molar refractivity (Wildman–Crippen MR) is 91.2 cm³/mol. The maximum Gasteiger partial charge on any atom is 0.192 e. The summed E-state index contributed by atoms with van der Waals surface area (Å²) in [4.78, 5) is 16.1. The van der Waals surface area contributed by atoms with Crippen LogP contribution in [-0.2, 0) is 6.54 Å². The van der Waals surface area contributed by atoms with Gasteiger partial charge in [0.25, 0.3) is 0 Å². The van der Waals surface area contributed by atoms with Crippen LogP contribution in [0.1, 0.15) is 6.92 Å². The van der Waals surface area contributed by atoms with Crippen molar-refractivity contribution in [3.8, 4) is 11.3 Å². The van der Waals surface area contributed by atoms with Gasteiger partial charge in [0.05, 0.1) is 16.4 Å². The molecule has 22 heavy (non-hydrogen) atoms. The first kappa shape index (κ1) is 12.9. The molecule has 2 aromatic heterocycles. The summed E-state index contributed by atoms with van der Waals surface area (Å²) in [6.07, 6.45) is 2.04. The molecule has 0 unspecified atom stereocenters. The average molecular weight is 288 g/mol. The van der Waals surface area contributed by atoms with Crippen molar-refractivity contribution in [1.82, 2.24) is 9.55 Å². The highest BCUT2D eigenvalue weighted by Crippen LogP contribution is 2.25. The highest BCUT2D eigenvalue weighted by molar-refractivity contribution is 6.04. The maximum absolute atomic E-state index is 12.7. The van der Waals surface area contributed by atoms with Crippen LogP contribution >= 0.6 is 0 Å². The first-order valence-electron chi connectivity index (χ1n) is 7.48. The van der Waals surface area contributed by atoms with Gasteiger partial charge >= 0.3 is 0 Å². The Morgan fingerprint density at radius 1 is 1.05 bits per heavy atom. The second-order valence-electron chi connectivity index (χ2n) is 5.44. The normalized spacial score (nSPS) is 11.3. The topological polar surface area (TPSA) is 37.8 Å². The molecule has 4 aromatic rings. The molecule has 2 heterocycles. The largest absolute Gasteiger partial charge is 0.354 e. The van der Waals surface area contributed by atoms with Crippen LogP contribution in [0, 0.1) is 0 Å². The van der Waals surface area contributed by atoms with Crippen LogP contribution in [0.2, 0.25) is 0 Å². The Hall–Kier alpha value is -2.81. The average Bonchev–Trinajstić information content (AvgIpc) is 2.98. The zero-order valence-corrected chi connectivity index (χ0v) is 12.3. The van der Waals surface area contributed by atoms with E-state index in [4.69, 9.17) is 0 Å². The third-order valence-electron chi connectivity index (χ3n) is 4.15. The lowest BCUT2D eigenvalue weighted by molar-refractivity contribution is 0.799. The van der Waals surface area contributed by atoms with Gasteiger partial charge in [0, 0.05) is 29.9 Å². The van der Waals surface area contributed by atoms with Gasteiger partial charge in [0.15, 0.2) is 5.43 Å². The van der Waals surface area contributed by atoms with E-state index >= 15 is 0 Å². The molecule has 3 heteroatoms. The third-order valence-corrected chi connectivity index (χ3v) is 4.15. The Morgan fingerprint density at radius 3 is 2.64 bits per heavy atom. The Morgan fingerprint density at radius 2 is 1.86 bits per heavy atom. The fourth-order valence-electron chi connectivity index (χ4n) is 3.07. The van der Waals surface area contributed by atoms with Gasteiger partial charge in [0.1, 0.15) is 0 Å². The van der Waals surface area contributed by atoms with Gasteiger partial charge < -0.3 is 9.55 Å². The molecular weight excluding hydrogens is 272 g/mol. The summed E-state index contributed by atoms with van der Waals surface area (Å²) in [6.45, 7) is 2.94. The minimum Gasteiger partial charge on any atom is -0.354 e. The predicted octanol–water partition coefficient (Wildman–Crippen LogP) is 4.17. The van der Waals surface area contributed by atoms with E-state index in [1.165, 1.54) is 0 Å².